The van der Waals surface area contributed by atoms with Crippen molar-refractivity contribution in [2.75, 3.05) is 0 Å². The summed E-state index contributed by atoms with van der Waals surface area (Å²) in [6.07, 6.45) is 4.38. The van der Waals surface area contributed by atoms with Gasteiger partial charge < -0.3 is 5.11 Å². The normalized spacial score (nSPS) is 14.0. The van der Waals surface area contributed by atoms with Gasteiger partial charge in [0.15, 0.2) is 5.75 Å². The van der Waals surface area contributed by atoms with Gasteiger partial charge in [-0.1, -0.05) is 41.4 Å². The maximum absolute atomic E-state index is 10.7. The molecule has 0 heterocycles. The highest BCUT2D eigenvalue weighted by Crippen LogP contribution is 2.44. The van der Waals surface area contributed by atoms with Crippen LogP contribution in [0.25, 0.3) is 10.8 Å². The van der Waals surface area contributed by atoms with Gasteiger partial charge in [0, 0.05) is 5.39 Å². The second kappa shape index (κ2) is 8.06. The van der Waals surface area contributed by atoms with Crippen LogP contribution < -0.4 is 0 Å². The van der Waals surface area contributed by atoms with Crippen molar-refractivity contribution in [1.82, 2.24) is 0 Å². The minimum atomic E-state index is 0.00527. The lowest BCUT2D eigenvalue weighted by Crippen LogP contribution is -2.01. The van der Waals surface area contributed by atoms with Crippen molar-refractivity contribution in [3.8, 4) is 5.75 Å². The van der Waals surface area contributed by atoms with E-state index < -0.39 is 0 Å². The minimum Gasteiger partial charge on any atom is -0.505 e. The van der Waals surface area contributed by atoms with E-state index in [1.165, 1.54) is 17.5 Å². The monoisotopic (exact) mass is 382 g/mol. The van der Waals surface area contributed by atoms with Crippen LogP contribution in [0.5, 0.6) is 5.75 Å². The quantitative estimate of drug-likeness (QED) is 0.235. The van der Waals surface area contributed by atoms with Gasteiger partial charge in [0.25, 0.3) is 0 Å². The molecule has 0 saturated carbocycles. The number of hydrogen-bond acceptors (Lipinski definition) is 7. The van der Waals surface area contributed by atoms with Gasteiger partial charge in [0.1, 0.15) is 5.69 Å². The van der Waals surface area contributed by atoms with Crippen molar-refractivity contribution < 1.29 is 19.7 Å². The summed E-state index contributed by atoms with van der Waals surface area (Å²) >= 11 is 0.754. The molecule has 0 aromatic heterocycles. The van der Waals surface area contributed by atoms with Crippen LogP contribution in [-0.2, 0) is 22.2 Å². The highest BCUT2D eigenvalue weighted by molar-refractivity contribution is 7.94. The molecule has 0 radical (unpaired) electrons. The summed E-state index contributed by atoms with van der Waals surface area (Å²) in [5.41, 5.74) is 3.61. The molecule has 0 atom stereocenters. The molecule has 3 aromatic rings. The van der Waals surface area contributed by atoms with E-state index in [0.717, 1.165) is 42.4 Å². The van der Waals surface area contributed by atoms with Crippen molar-refractivity contribution in [1.29, 1.82) is 0 Å². The predicted octanol–water partition coefficient (Wildman–Crippen LogP) is 6.27. The molecule has 0 aliphatic heterocycles. The fraction of sp³-hybridized carbons (Fsp3) is 0.200. The smallest absolute Gasteiger partial charge is 0.152 e. The SMILES string of the molecule is OOOSc1cc2ccccc2c(O)c1N=Nc1cccc2c1CCCC2. The lowest BCUT2D eigenvalue weighted by molar-refractivity contribution is -0.432. The van der Waals surface area contributed by atoms with E-state index in [0.29, 0.717) is 10.3 Å². The number of aryl methyl sites for hydroxylation is 1. The average Bonchev–Trinajstić information content (AvgIpc) is 2.72. The van der Waals surface area contributed by atoms with Gasteiger partial charge in [-0.05, 0) is 54.3 Å². The molecule has 7 heteroatoms. The summed E-state index contributed by atoms with van der Waals surface area (Å²) in [6.45, 7) is 0. The first-order valence-electron chi connectivity index (χ1n) is 8.70. The van der Waals surface area contributed by atoms with Crippen LogP contribution in [0.1, 0.15) is 24.0 Å². The molecule has 0 spiro atoms. The molecule has 27 heavy (non-hydrogen) atoms. The molecular weight excluding hydrogens is 364 g/mol. The molecule has 6 nitrogen and oxygen atoms in total. The Bertz CT molecular complexity index is 1010. The second-order valence-electron chi connectivity index (χ2n) is 6.34. The summed E-state index contributed by atoms with van der Waals surface area (Å²) < 4.78 is 4.57. The summed E-state index contributed by atoms with van der Waals surface area (Å²) in [5.74, 6) is 0.00527. The highest BCUT2D eigenvalue weighted by Gasteiger charge is 2.16. The topological polar surface area (TPSA) is 83.6 Å². The highest BCUT2D eigenvalue weighted by atomic mass is 32.2. The Morgan fingerprint density at radius 1 is 0.963 bits per heavy atom. The number of phenols is 1. The molecule has 0 amide bonds. The number of hydrogen-bond donors (Lipinski definition) is 2. The van der Waals surface area contributed by atoms with E-state index in [-0.39, 0.29) is 11.4 Å². The summed E-state index contributed by atoms with van der Waals surface area (Å²) in [7, 11) is 0. The number of fused-ring (bicyclic) bond motifs is 2. The zero-order valence-electron chi connectivity index (χ0n) is 14.5. The molecular formula is C20H18N2O4S. The van der Waals surface area contributed by atoms with Gasteiger partial charge in [0.05, 0.1) is 22.6 Å². The first-order chi connectivity index (χ1) is 13.3. The van der Waals surface area contributed by atoms with Crippen molar-refractivity contribution in [3.05, 3.63) is 59.7 Å². The van der Waals surface area contributed by atoms with Gasteiger partial charge in [-0.25, -0.2) is 5.26 Å². The maximum atomic E-state index is 10.7. The van der Waals surface area contributed by atoms with Crippen molar-refractivity contribution in [2.45, 2.75) is 30.6 Å². The van der Waals surface area contributed by atoms with Gasteiger partial charge in [-0.2, -0.15) is 5.11 Å². The molecule has 1 aliphatic rings. The average molecular weight is 382 g/mol. The van der Waals surface area contributed by atoms with Gasteiger partial charge >= 0.3 is 0 Å². The Morgan fingerprint density at radius 3 is 2.70 bits per heavy atom. The van der Waals surface area contributed by atoms with Crippen LogP contribution in [0.15, 0.2) is 63.7 Å². The number of nitrogens with zero attached hydrogens (tertiary/aromatic N) is 2. The standard InChI is InChI=1S/C20H18N2O4S/c23-20-16-10-4-2-7-14(16)12-18(27-26-25-24)19(20)22-21-17-11-5-8-13-6-1-3-9-15(13)17/h2,4-5,7-8,10-12,23-24H,1,3,6,9H2. The number of azo groups is 1. The fourth-order valence-corrected chi connectivity index (χ4v) is 3.96. The summed E-state index contributed by atoms with van der Waals surface area (Å²) in [6, 6.07) is 15.2. The van der Waals surface area contributed by atoms with Crippen LogP contribution in [0.2, 0.25) is 0 Å². The third-order valence-electron chi connectivity index (χ3n) is 4.74. The molecule has 4 rings (SSSR count). The van der Waals surface area contributed by atoms with Crippen LogP contribution in [0.3, 0.4) is 0 Å². The number of rotatable bonds is 5. The molecule has 138 valence electrons. The lowest BCUT2D eigenvalue weighted by atomic mass is 9.91. The van der Waals surface area contributed by atoms with E-state index in [1.54, 1.807) is 6.07 Å². The van der Waals surface area contributed by atoms with Crippen LogP contribution in [0, 0.1) is 0 Å². The minimum absolute atomic E-state index is 0.00527. The van der Waals surface area contributed by atoms with Crippen molar-refractivity contribution >= 4 is 34.2 Å². The second-order valence-corrected chi connectivity index (χ2v) is 7.08. The van der Waals surface area contributed by atoms with E-state index in [1.807, 2.05) is 36.4 Å². The molecule has 0 bridgehead atoms. The van der Waals surface area contributed by atoms with E-state index in [4.69, 9.17) is 5.26 Å². The number of benzene rings is 3. The molecule has 1 aliphatic carbocycles. The first kappa shape index (κ1) is 17.9. The van der Waals surface area contributed by atoms with Gasteiger partial charge in [-0.3, -0.25) is 0 Å². The third-order valence-corrected chi connectivity index (χ3v) is 5.36. The number of aromatic hydroxyl groups is 1. The summed E-state index contributed by atoms with van der Waals surface area (Å²) in [4.78, 5) is 0.480. The van der Waals surface area contributed by atoms with Crippen molar-refractivity contribution in [2.24, 2.45) is 10.2 Å². The maximum Gasteiger partial charge on any atom is 0.152 e. The van der Waals surface area contributed by atoms with Gasteiger partial charge in [-0.15, -0.1) is 9.45 Å². The Kier molecular flexibility index (Phi) is 5.35. The first-order valence-corrected chi connectivity index (χ1v) is 9.44. The Balaban J connectivity index is 1.78. The van der Waals surface area contributed by atoms with E-state index >= 15 is 0 Å². The van der Waals surface area contributed by atoms with Gasteiger partial charge in [0.2, 0.25) is 0 Å². The Morgan fingerprint density at radius 2 is 1.81 bits per heavy atom. The van der Waals surface area contributed by atoms with Crippen molar-refractivity contribution in [3.63, 3.8) is 0 Å². The zero-order chi connectivity index (χ0) is 18.6. The molecule has 3 aromatic carbocycles. The molecule has 2 N–H and O–H groups in total. The summed E-state index contributed by atoms with van der Waals surface area (Å²) in [5, 5.41) is 33.1. The largest absolute Gasteiger partial charge is 0.505 e. The Labute approximate surface area is 160 Å². The van der Waals surface area contributed by atoms with Crippen LogP contribution in [-0.4, -0.2) is 10.4 Å². The third kappa shape index (κ3) is 3.68. The van der Waals surface area contributed by atoms with Crippen LogP contribution >= 0.6 is 12.0 Å². The molecule has 0 unspecified atom stereocenters. The zero-order valence-corrected chi connectivity index (χ0v) is 15.3. The number of phenolic OH excluding ortho intramolecular Hbond substituents is 1. The van der Waals surface area contributed by atoms with E-state index in [9.17, 15) is 5.11 Å². The molecule has 0 saturated heterocycles. The molecule has 0 fully saturated rings. The predicted molar refractivity (Wildman–Crippen MR) is 104 cm³/mol. The fourth-order valence-electron chi connectivity index (χ4n) is 3.46. The van der Waals surface area contributed by atoms with E-state index in [2.05, 4.69) is 25.7 Å². The van der Waals surface area contributed by atoms with Crippen LogP contribution in [0.4, 0.5) is 11.4 Å². The Hall–Kier alpha value is -2.45. The lowest BCUT2D eigenvalue weighted by Gasteiger charge is -2.16.